The van der Waals surface area contributed by atoms with Crippen LogP contribution in [0, 0.1) is 0 Å². The molecule has 6 rings (SSSR count). The van der Waals surface area contributed by atoms with Crippen LogP contribution in [-0.4, -0.2) is 38.3 Å². The Hall–Kier alpha value is -3.98. The van der Waals surface area contributed by atoms with Gasteiger partial charge in [0.15, 0.2) is 5.60 Å². The zero-order valence-corrected chi connectivity index (χ0v) is 24.1. The van der Waals surface area contributed by atoms with Crippen molar-refractivity contribution in [2.75, 3.05) is 0 Å². The van der Waals surface area contributed by atoms with Gasteiger partial charge in [0.2, 0.25) is 0 Å². The first-order valence-electron chi connectivity index (χ1n) is 14.1. The summed E-state index contributed by atoms with van der Waals surface area (Å²) >= 11 is 0. The lowest BCUT2D eigenvalue weighted by molar-refractivity contribution is -0.172. The lowest BCUT2D eigenvalue weighted by Gasteiger charge is -2.31. The number of aryl methyl sites for hydroxylation is 2. The molecule has 1 unspecified atom stereocenters. The van der Waals surface area contributed by atoms with Crippen molar-refractivity contribution in [3.05, 3.63) is 68.5 Å². The third-order valence-electron chi connectivity index (χ3n) is 8.34. The zero-order chi connectivity index (χ0) is 29.4. The highest BCUT2D eigenvalue weighted by Gasteiger charge is 2.45. The summed E-state index contributed by atoms with van der Waals surface area (Å²) in [6.07, 6.45) is 2.00. The van der Waals surface area contributed by atoms with Crippen molar-refractivity contribution in [3.63, 3.8) is 0 Å². The summed E-state index contributed by atoms with van der Waals surface area (Å²) in [5.74, 6) is -0.561. The Morgan fingerprint density at radius 1 is 1.20 bits per heavy atom. The predicted octanol–water partition coefficient (Wildman–Crippen LogP) is 4.23. The van der Waals surface area contributed by atoms with E-state index < -0.39 is 29.2 Å². The van der Waals surface area contributed by atoms with Crippen LogP contribution < -0.4 is 10.3 Å². The SMILES string of the molecule is C=C(C(=O)OC(C)(C)C)C(C)Oc1ccc2nc3c(c4c2c1CCC4)Cn1c-3cc2c(c1=O)COC(=O)[C@]2(O)CC. The van der Waals surface area contributed by atoms with Gasteiger partial charge in [0, 0.05) is 22.1 Å². The van der Waals surface area contributed by atoms with E-state index in [0.717, 1.165) is 46.9 Å². The molecule has 4 heterocycles. The monoisotopic (exact) mass is 558 g/mol. The Morgan fingerprint density at radius 3 is 2.63 bits per heavy atom. The second kappa shape index (κ2) is 9.27. The number of cyclic esters (lactones) is 1. The molecule has 2 atom stereocenters. The van der Waals surface area contributed by atoms with E-state index in [0.29, 0.717) is 34.8 Å². The first-order valence-corrected chi connectivity index (χ1v) is 14.1. The standard InChI is InChI=1S/C32H34N2O7/c1-7-32(38)22-13-24-27-20(14-34(24)28(35)21(22)15-39-30(32)37)18-9-8-10-19-25(12-11-23(33-27)26(18)19)40-17(3)16(2)29(36)41-31(4,5)6/h11-13,17,38H,2,7-10,14-15H2,1,3-6H3/t17?,32-/m0/s1. The van der Waals surface area contributed by atoms with Gasteiger partial charge in [0.25, 0.3) is 5.56 Å². The minimum atomic E-state index is -1.87. The number of esters is 2. The maximum atomic E-state index is 13.6. The van der Waals surface area contributed by atoms with Gasteiger partial charge in [-0.15, -0.1) is 0 Å². The number of aliphatic hydroxyl groups is 1. The molecule has 0 fully saturated rings. The number of pyridine rings is 2. The number of aromatic nitrogens is 2. The summed E-state index contributed by atoms with van der Waals surface area (Å²) in [5, 5.41) is 12.2. The van der Waals surface area contributed by atoms with Gasteiger partial charge in [0.1, 0.15) is 24.1 Å². The third kappa shape index (κ3) is 4.17. The van der Waals surface area contributed by atoms with E-state index in [4.69, 9.17) is 19.2 Å². The van der Waals surface area contributed by atoms with Crippen molar-refractivity contribution in [1.29, 1.82) is 0 Å². The third-order valence-corrected chi connectivity index (χ3v) is 8.34. The number of nitrogens with zero attached hydrogens (tertiary/aromatic N) is 2. The van der Waals surface area contributed by atoms with Crippen LogP contribution in [0.3, 0.4) is 0 Å². The molecule has 0 saturated heterocycles. The highest BCUT2D eigenvalue weighted by molar-refractivity contribution is 5.93. The number of benzene rings is 1. The highest BCUT2D eigenvalue weighted by atomic mass is 16.6. The summed E-state index contributed by atoms with van der Waals surface area (Å²) in [5.41, 5.74) is 3.25. The van der Waals surface area contributed by atoms with E-state index in [1.807, 2.05) is 32.9 Å². The number of carbonyl (C=O) groups is 2. The minimum Gasteiger partial charge on any atom is -0.485 e. The van der Waals surface area contributed by atoms with Crippen molar-refractivity contribution < 1.29 is 28.9 Å². The Labute approximate surface area is 237 Å². The van der Waals surface area contributed by atoms with Gasteiger partial charge in [-0.1, -0.05) is 13.5 Å². The quantitative estimate of drug-likeness (QED) is 0.286. The van der Waals surface area contributed by atoms with Crippen LogP contribution in [0.4, 0.5) is 0 Å². The van der Waals surface area contributed by atoms with Crippen LogP contribution in [0.25, 0.3) is 22.3 Å². The van der Waals surface area contributed by atoms with E-state index >= 15 is 0 Å². The second-order valence-electron chi connectivity index (χ2n) is 12.1. The second-order valence-corrected chi connectivity index (χ2v) is 12.1. The van der Waals surface area contributed by atoms with Gasteiger partial charge >= 0.3 is 11.9 Å². The van der Waals surface area contributed by atoms with E-state index in [1.54, 1.807) is 24.5 Å². The molecule has 9 nitrogen and oxygen atoms in total. The maximum absolute atomic E-state index is 13.6. The molecule has 1 aliphatic carbocycles. The zero-order valence-electron chi connectivity index (χ0n) is 24.1. The van der Waals surface area contributed by atoms with Gasteiger partial charge < -0.3 is 23.9 Å². The van der Waals surface area contributed by atoms with Gasteiger partial charge in [-0.3, -0.25) is 4.79 Å². The molecule has 1 N–H and O–H groups in total. The summed E-state index contributed by atoms with van der Waals surface area (Å²) in [6.45, 7) is 13.0. The van der Waals surface area contributed by atoms with Gasteiger partial charge in [0.05, 0.1) is 34.6 Å². The van der Waals surface area contributed by atoms with Crippen molar-refractivity contribution >= 4 is 22.8 Å². The summed E-state index contributed by atoms with van der Waals surface area (Å²) < 4.78 is 18.6. The van der Waals surface area contributed by atoms with E-state index in [2.05, 4.69) is 6.58 Å². The molecule has 0 saturated carbocycles. The molecule has 3 aliphatic rings. The normalized spacial score (nSPS) is 19.6. The number of rotatable bonds is 5. The molecular weight excluding hydrogens is 524 g/mol. The predicted molar refractivity (Wildman–Crippen MR) is 152 cm³/mol. The molecule has 9 heteroatoms. The van der Waals surface area contributed by atoms with Crippen LogP contribution in [0.1, 0.15) is 75.3 Å². The van der Waals surface area contributed by atoms with Crippen molar-refractivity contribution in [2.45, 2.75) is 90.8 Å². The molecule has 214 valence electrons. The Balaban J connectivity index is 1.43. The van der Waals surface area contributed by atoms with Crippen LogP contribution in [0.2, 0.25) is 0 Å². The largest absolute Gasteiger partial charge is 0.485 e. The summed E-state index contributed by atoms with van der Waals surface area (Å²) in [4.78, 5) is 43.7. The Bertz CT molecular complexity index is 1730. The van der Waals surface area contributed by atoms with Crippen LogP contribution in [0.15, 0.2) is 35.1 Å². The molecule has 0 bridgehead atoms. The van der Waals surface area contributed by atoms with Gasteiger partial charge in [-0.2, -0.15) is 0 Å². The number of fused-ring (bicyclic) bond motifs is 5. The van der Waals surface area contributed by atoms with E-state index in [9.17, 15) is 19.5 Å². The first kappa shape index (κ1) is 27.2. The molecule has 2 aliphatic heterocycles. The van der Waals surface area contributed by atoms with Crippen LogP contribution in [-0.2, 0) is 50.7 Å². The lowest BCUT2D eigenvalue weighted by atomic mass is 9.85. The first-order chi connectivity index (χ1) is 19.3. The molecule has 2 aromatic heterocycles. The Morgan fingerprint density at radius 2 is 1.93 bits per heavy atom. The van der Waals surface area contributed by atoms with Gasteiger partial charge in [-0.05, 0) is 77.1 Å². The smallest absolute Gasteiger partial charge is 0.343 e. The summed E-state index contributed by atoms with van der Waals surface area (Å²) in [6, 6.07) is 5.50. The molecule has 0 spiro atoms. The average molecular weight is 559 g/mol. The molecule has 0 radical (unpaired) electrons. The molecule has 1 aromatic carbocycles. The number of hydrogen-bond donors (Lipinski definition) is 1. The maximum Gasteiger partial charge on any atom is 0.343 e. The fourth-order valence-corrected chi connectivity index (χ4v) is 6.17. The lowest BCUT2D eigenvalue weighted by Crippen LogP contribution is -2.44. The minimum absolute atomic E-state index is 0.0931. The highest BCUT2D eigenvalue weighted by Crippen LogP contribution is 2.44. The topological polar surface area (TPSA) is 117 Å². The number of hydrogen-bond acceptors (Lipinski definition) is 8. The van der Waals surface area contributed by atoms with Crippen molar-refractivity contribution in [2.24, 2.45) is 0 Å². The summed E-state index contributed by atoms with van der Waals surface area (Å²) in [7, 11) is 0. The van der Waals surface area contributed by atoms with E-state index in [-0.39, 0.29) is 24.2 Å². The number of ether oxygens (including phenoxy) is 3. The molecule has 41 heavy (non-hydrogen) atoms. The van der Waals surface area contributed by atoms with Crippen molar-refractivity contribution in [3.8, 4) is 17.1 Å². The Kier molecular flexibility index (Phi) is 6.15. The van der Waals surface area contributed by atoms with Gasteiger partial charge in [-0.25, -0.2) is 14.6 Å². The van der Waals surface area contributed by atoms with Crippen LogP contribution in [0.5, 0.6) is 5.75 Å². The fraction of sp³-hybridized carbons (Fsp3) is 0.438. The van der Waals surface area contributed by atoms with Crippen LogP contribution >= 0.6 is 0 Å². The van der Waals surface area contributed by atoms with Crippen molar-refractivity contribution in [1.82, 2.24) is 9.55 Å². The average Bonchev–Trinajstić information content (AvgIpc) is 3.30. The molecular formula is C32H34N2O7. The fourth-order valence-electron chi connectivity index (χ4n) is 6.17. The van der Waals surface area contributed by atoms with E-state index in [1.165, 1.54) is 0 Å². The molecule has 0 amide bonds. The molecule has 3 aromatic rings. The number of carbonyl (C=O) groups excluding carboxylic acids is 2.